The van der Waals surface area contributed by atoms with Gasteiger partial charge in [-0.25, -0.2) is 4.39 Å². The summed E-state index contributed by atoms with van der Waals surface area (Å²) in [5.41, 5.74) is 0.626. The quantitative estimate of drug-likeness (QED) is 0.600. The van der Waals surface area contributed by atoms with Crippen LogP contribution in [0.1, 0.15) is 49.0 Å². The number of halogens is 1. The van der Waals surface area contributed by atoms with Gasteiger partial charge in [0.05, 0.1) is 31.5 Å². The predicted octanol–water partition coefficient (Wildman–Crippen LogP) is 3.86. The highest BCUT2D eigenvalue weighted by molar-refractivity contribution is 5.94. The first-order chi connectivity index (χ1) is 17.3. The Labute approximate surface area is 212 Å². The van der Waals surface area contributed by atoms with Gasteiger partial charge >= 0.3 is 0 Å². The van der Waals surface area contributed by atoms with Crippen molar-refractivity contribution < 1.29 is 23.5 Å². The van der Waals surface area contributed by atoms with Crippen molar-refractivity contribution in [1.29, 1.82) is 0 Å². The molecule has 2 aromatic rings. The molecule has 0 bridgehead atoms. The van der Waals surface area contributed by atoms with Gasteiger partial charge in [-0.3, -0.25) is 14.9 Å². The number of piperidine rings is 1. The van der Waals surface area contributed by atoms with Gasteiger partial charge in [-0.15, -0.1) is 0 Å². The second kappa shape index (κ2) is 10.9. The van der Waals surface area contributed by atoms with E-state index >= 15 is 0 Å². The first-order valence-electron chi connectivity index (χ1n) is 12.6. The summed E-state index contributed by atoms with van der Waals surface area (Å²) in [7, 11) is 3.21. The van der Waals surface area contributed by atoms with Crippen LogP contribution in [0.15, 0.2) is 42.5 Å². The lowest BCUT2D eigenvalue weighted by atomic mass is 9.94. The fraction of sp³-hybridized carbons (Fsp3) is 0.500. The Morgan fingerprint density at radius 1 is 1.11 bits per heavy atom. The molecule has 36 heavy (non-hydrogen) atoms. The number of nitrogens with one attached hydrogen (secondary N) is 1. The highest BCUT2D eigenvalue weighted by Gasteiger charge is 2.51. The van der Waals surface area contributed by atoms with Gasteiger partial charge in [0, 0.05) is 32.5 Å². The topological polar surface area (TPSA) is 71.1 Å². The number of rotatable bonds is 8. The molecule has 2 fully saturated rings. The second-order valence-corrected chi connectivity index (χ2v) is 10.1. The fourth-order valence-electron chi connectivity index (χ4n) is 5.39. The Morgan fingerprint density at radius 3 is 2.44 bits per heavy atom. The van der Waals surface area contributed by atoms with E-state index in [1.54, 1.807) is 31.3 Å². The first-order valence-corrected chi connectivity index (χ1v) is 12.6. The third-order valence-corrected chi connectivity index (χ3v) is 7.28. The van der Waals surface area contributed by atoms with E-state index in [2.05, 4.69) is 19.2 Å². The van der Waals surface area contributed by atoms with Gasteiger partial charge in [-0.1, -0.05) is 32.0 Å². The van der Waals surface area contributed by atoms with Gasteiger partial charge < -0.3 is 19.3 Å². The molecule has 7 nitrogen and oxygen atoms in total. The first kappa shape index (κ1) is 25.9. The number of hydrogen-bond acceptors (Lipinski definition) is 5. The number of carbonyl (C=O) groups excluding carboxylic acids is 2. The number of carbonyl (C=O) groups is 2. The molecule has 194 valence electrons. The van der Waals surface area contributed by atoms with Crippen molar-refractivity contribution >= 4 is 11.8 Å². The number of methoxy groups -OCH3 is 2. The van der Waals surface area contributed by atoms with Gasteiger partial charge in [0.1, 0.15) is 5.82 Å². The molecule has 0 unspecified atom stereocenters. The molecule has 1 N–H and O–H groups in total. The molecule has 2 heterocycles. The predicted molar refractivity (Wildman–Crippen MR) is 136 cm³/mol. The molecule has 0 aromatic heterocycles. The summed E-state index contributed by atoms with van der Waals surface area (Å²) in [6.45, 7) is 5.69. The van der Waals surface area contributed by atoms with Crippen molar-refractivity contribution in [2.45, 2.75) is 51.2 Å². The lowest BCUT2D eigenvalue weighted by molar-refractivity contribution is -0.133. The van der Waals surface area contributed by atoms with E-state index in [1.165, 1.54) is 12.1 Å². The molecule has 1 atom stereocenters. The van der Waals surface area contributed by atoms with Crippen LogP contribution in [0.4, 0.5) is 4.39 Å². The number of amides is 2. The summed E-state index contributed by atoms with van der Waals surface area (Å²) in [5.74, 6) is 0.997. The molecule has 8 heteroatoms. The lowest BCUT2D eigenvalue weighted by Crippen LogP contribution is -2.60. The molecular formula is C28H36FN3O4. The average Bonchev–Trinajstić information content (AvgIpc) is 3.11. The minimum Gasteiger partial charge on any atom is -0.493 e. The number of likely N-dealkylation sites (tertiary alicyclic amines) is 1. The zero-order valence-electron chi connectivity index (χ0n) is 21.6. The Morgan fingerprint density at radius 2 is 1.81 bits per heavy atom. The van der Waals surface area contributed by atoms with Crippen molar-refractivity contribution in [3.05, 3.63) is 59.4 Å². The Hall–Kier alpha value is -3.13. The third-order valence-electron chi connectivity index (χ3n) is 7.28. The van der Waals surface area contributed by atoms with Crippen molar-refractivity contribution in [3.8, 4) is 11.5 Å². The van der Waals surface area contributed by atoms with Crippen LogP contribution in [0.3, 0.4) is 0 Å². The van der Waals surface area contributed by atoms with Crippen LogP contribution in [-0.4, -0.2) is 67.2 Å². The second-order valence-electron chi connectivity index (χ2n) is 10.1. The van der Waals surface area contributed by atoms with Crippen molar-refractivity contribution in [2.75, 3.05) is 33.9 Å². The van der Waals surface area contributed by atoms with Gasteiger partial charge in [0.25, 0.3) is 5.91 Å². The maximum atomic E-state index is 14.2. The van der Waals surface area contributed by atoms with Crippen LogP contribution >= 0.6 is 0 Å². The van der Waals surface area contributed by atoms with Crippen molar-refractivity contribution in [1.82, 2.24) is 15.1 Å². The standard InChI is InChI=1S/C28H36FN3O4/c1-19(2)17-23-27(34)32(14-11-20-9-10-24(35-3)25(18-20)36-4)28(30-23)12-15-31(16-13-28)26(33)21-7-5-6-8-22(21)29/h5-10,18-19,23,30H,11-17H2,1-4H3/t23-/m1/s1. The minimum absolute atomic E-state index is 0.0897. The molecule has 2 aromatic carbocycles. The van der Waals surface area contributed by atoms with Crippen LogP contribution in [0.2, 0.25) is 0 Å². The Kier molecular flexibility index (Phi) is 7.83. The number of ether oxygens (including phenoxy) is 2. The van der Waals surface area contributed by atoms with E-state index in [1.807, 2.05) is 23.1 Å². The van der Waals surface area contributed by atoms with E-state index in [9.17, 15) is 14.0 Å². The highest BCUT2D eigenvalue weighted by atomic mass is 19.1. The molecule has 4 rings (SSSR count). The highest BCUT2D eigenvalue weighted by Crippen LogP contribution is 2.35. The van der Waals surface area contributed by atoms with Crippen molar-refractivity contribution in [2.24, 2.45) is 5.92 Å². The molecule has 0 radical (unpaired) electrons. The van der Waals surface area contributed by atoms with E-state index < -0.39 is 11.5 Å². The smallest absolute Gasteiger partial charge is 0.256 e. The third kappa shape index (κ3) is 5.19. The SMILES string of the molecule is COc1ccc(CCN2C(=O)[C@@H](CC(C)C)NC23CCN(C(=O)c2ccccc2F)CC3)cc1OC. The van der Waals surface area contributed by atoms with Gasteiger partial charge in [0.15, 0.2) is 11.5 Å². The maximum absolute atomic E-state index is 14.2. The Bertz CT molecular complexity index is 1100. The van der Waals surface area contributed by atoms with Crippen LogP contribution in [-0.2, 0) is 11.2 Å². The zero-order valence-corrected chi connectivity index (χ0v) is 21.6. The number of hydrogen-bond donors (Lipinski definition) is 1. The molecular weight excluding hydrogens is 461 g/mol. The van der Waals surface area contributed by atoms with Crippen LogP contribution < -0.4 is 14.8 Å². The van der Waals surface area contributed by atoms with Crippen LogP contribution in [0.5, 0.6) is 11.5 Å². The molecule has 0 saturated carbocycles. The summed E-state index contributed by atoms with van der Waals surface area (Å²) >= 11 is 0. The normalized spacial score (nSPS) is 19.3. The van der Waals surface area contributed by atoms with E-state index in [4.69, 9.17) is 9.47 Å². The summed E-state index contributed by atoms with van der Waals surface area (Å²) < 4.78 is 25.0. The van der Waals surface area contributed by atoms with Gasteiger partial charge in [-0.05, 0) is 48.6 Å². The zero-order chi connectivity index (χ0) is 25.9. The molecule has 2 amide bonds. The fourth-order valence-corrected chi connectivity index (χ4v) is 5.39. The van der Waals surface area contributed by atoms with E-state index in [-0.39, 0.29) is 23.4 Å². The van der Waals surface area contributed by atoms with Gasteiger partial charge in [-0.2, -0.15) is 0 Å². The average molecular weight is 498 g/mol. The molecule has 2 aliphatic rings. The monoisotopic (exact) mass is 497 g/mol. The summed E-state index contributed by atoms with van der Waals surface area (Å²) in [4.78, 5) is 30.2. The largest absolute Gasteiger partial charge is 0.493 e. The molecule has 1 spiro atoms. The lowest BCUT2D eigenvalue weighted by Gasteiger charge is -2.44. The minimum atomic E-state index is -0.515. The maximum Gasteiger partial charge on any atom is 0.256 e. The number of nitrogens with zero attached hydrogens (tertiary/aromatic N) is 2. The van der Waals surface area contributed by atoms with Crippen LogP contribution in [0, 0.1) is 11.7 Å². The van der Waals surface area contributed by atoms with E-state index in [0.29, 0.717) is 56.3 Å². The van der Waals surface area contributed by atoms with Crippen LogP contribution in [0.25, 0.3) is 0 Å². The van der Waals surface area contributed by atoms with Gasteiger partial charge in [0.2, 0.25) is 5.91 Å². The number of benzene rings is 2. The summed E-state index contributed by atoms with van der Waals surface area (Å²) in [6, 6.07) is 11.6. The molecule has 0 aliphatic carbocycles. The molecule has 2 saturated heterocycles. The molecule has 2 aliphatic heterocycles. The summed E-state index contributed by atoms with van der Waals surface area (Å²) in [5, 5.41) is 3.64. The van der Waals surface area contributed by atoms with E-state index in [0.717, 1.165) is 12.0 Å². The van der Waals surface area contributed by atoms with Crippen molar-refractivity contribution in [3.63, 3.8) is 0 Å². The summed E-state index contributed by atoms with van der Waals surface area (Å²) in [6.07, 6.45) is 2.62. The Balaban J connectivity index is 1.50.